The Morgan fingerprint density at radius 2 is 2.24 bits per heavy atom. The average Bonchev–Trinajstić information content (AvgIpc) is 2.76. The van der Waals surface area contributed by atoms with E-state index < -0.39 is 11.6 Å². The Balaban J connectivity index is 2.10. The molecule has 2 rings (SSSR count). The molecular formula is C11H17N3O3. The summed E-state index contributed by atoms with van der Waals surface area (Å²) in [6.45, 7) is 5.51. The molecule has 1 aliphatic rings. The van der Waals surface area contributed by atoms with E-state index in [9.17, 15) is 4.79 Å². The Morgan fingerprint density at radius 3 is 2.65 bits per heavy atom. The molecule has 0 saturated heterocycles. The van der Waals surface area contributed by atoms with E-state index in [2.05, 4.69) is 15.5 Å². The molecule has 0 bridgehead atoms. The third-order valence-electron chi connectivity index (χ3n) is 3.06. The van der Waals surface area contributed by atoms with Gasteiger partial charge in [0.05, 0.1) is 5.41 Å². The Hall–Kier alpha value is -1.59. The van der Waals surface area contributed by atoms with Crippen LogP contribution in [0, 0.1) is 6.92 Å². The summed E-state index contributed by atoms with van der Waals surface area (Å²) in [5.74, 6) is 1.26. The van der Waals surface area contributed by atoms with E-state index in [1.807, 2.05) is 13.8 Å². The Labute approximate surface area is 99.4 Å². The van der Waals surface area contributed by atoms with Crippen LogP contribution in [-0.4, -0.2) is 26.9 Å². The maximum Gasteiger partial charge on any atom is 0.405 e. The second-order valence-electron chi connectivity index (χ2n) is 5.42. The maximum absolute atomic E-state index is 10.7. The molecule has 0 spiro atoms. The summed E-state index contributed by atoms with van der Waals surface area (Å²) in [6.07, 6.45) is 1.61. The van der Waals surface area contributed by atoms with Gasteiger partial charge in [0.2, 0.25) is 5.89 Å². The van der Waals surface area contributed by atoms with Gasteiger partial charge in [-0.05, 0) is 40.0 Å². The van der Waals surface area contributed by atoms with Crippen molar-refractivity contribution < 1.29 is 14.4 Å². The smallest absolute Gasteiger partial charge is 0.405 e. The van der Waals surface area contributed by atoms with Gasteiger partial charge in [0.15, 0.2) is 5.82 Å². The Kier molecular flexibility index (Phi) is 2.60. The summed E-state index contributed by atoms with van der Waals surface area (Å²) < 4.78 is 5.21. The number of hydrogen-bond donors (Lipinski definition) is 2. The summed E-state index contributed by atoms with van der Waals surface area (Å²) in [4.78, 5) is 15.0. The van der Waals surface area contributed by atoms with E-state index in [4.69, 9.17) is 9.63 Å². The van der Waals surface area contributed by atoms with Gasteiger partial charge in [-0.15, -0.1) is 0 Å². The minimum absolute atomic E-state index is 0.132. The largest absolute Gasteiger partial charge is 0.465 e. The fourth-order valence-electron chi connectivity index (χ4n) is 2.31. The lowest BCUT2D eigenvalue weighted by Gasteiger charge is -2.28. The number of carbonyl (C=O) groups is 1. The summed E-state index contributed by atoms with van der Waals surface area (Å²) in [7, 11) is 0. The maximum atomic E-state index is 10.7. The molecule has 0 unspecified atom stereocenters. The predicted molar refractivity (Wildman–Crippen MR) is 59.8 cm³/mol. The number of nitrogens with one attached hydrogen (secondary N) is 1. The van der Waals surface area contributed by atoms with E-state index in [1.54, 1.807) is 6.92 Å². The number of nitrogens with zero attached hydrogens (tertiary/aromatic N) is 2. The molecule has 1 heterocycles. The van der Waals surface area contributed by atoms with Gasteiger partial charge in [0.25, 0.3) is 0 Å². The molecule has 1 aliphatic carbocycles. The highest BCUT2D eigenvalue weighted by Crippen LogP contribution is 2.52. The lowest BCUT2D eigenvalue weighted by Crippen LogP contribution is -2.45. The highest BCUT2D eigenvalue weighted by atomic mass is 16.5. The van der Waals surface area contributed by atoms with Crippen LogP contribution in [0.2, 0.25) is 0 Å². The molecular weight excluding hydrogens is 222 g/mol. The first-order valence-corrected chi connectivity index (χ1v) is 5.65. The first kappa shape index (κ1) is 11.9. The van der Waals surface area contributed by atoms with Crippen molar-refractivity contribution >= 4 is 6.09 Å². The molecule has 0 atom stereocenters. The lowest BCUT2D eigenvalue weighted by atomic mass is 9.88. The van der Waals surface area contributed by atoms with Crippen LogP contribution in [-0.2, 0) is 5.41 Å². The number of amides is 1. The molecule has 2 N–H and O–H groups in total. The van der Waals surface area contributed by atoms with E-state index in [0.29, 0.717) is 18.1 Å². The summed E-state index contributed by atoms with van der Waals surface area (Å²) >= 11 is 0. The molecule has 1 amide bonds. The van der Waals surface area contributed by atoms with Crippen LogP contribution in [0.1, 0.15) is 44.8 Å². The van der Waals surface area contributed by atoms with Crippen molar-refractivity contribution in [3.8, 4) is 0 Å². The van der Waals surface area contributed by atoms with Crippen LogP contribution in [0.4, 0.5) is 4.79 Å². The Bertz CT molecular complexity index is 435. The zero-order chi connectivity index (χ0) is 12.7. The predicted octanol–water partition coefficient (Wildman–Crippen LogP) is 1.85. The monoisotopic (exact) mass is 239 g/mol. The highest BCUT2D eigenvalue weighted by Gasteiger charge is 2.52. The number of hydrogen-bond acceptors (Lipinski definition) is 4. The molecule has 1 aromatic heterocycles. The quantitative estimate of drug-likeness (QED) is 0.837. The topological polar surface area (TPSA) is 88.2 Å². The molecule has 94 valence electrons. The van der Waals surface area contributed by atoms with Crippen LogP contribution in [0.25, 0.3) is 0 Å². The van der Waals surface area contributed by atoms with E-state index in [-0.39, 0.29) is 5.41 Å². The first-order chi connectivity index (χ1) is 7.83. The molecule has 1 aromatic rings. The molecule has 1 saturated carbocycles. The van der Waals surface area contributed by atoms with Gasteiger partial charge in [0.1, 0.15) is 0 Å². The number of carboxylic acid groups (broad SMARTS) is 1. The second-order valence-corrected chi connectivity index (χ2v) is 5.42. The SMILES string of the molecule is Cc1noc(C2(CC(C)(C)NC(=O)O)CC2)n1. The average molecular weight is 239 g/mol. The fourth-order valence-corrected chi connectivity index (χ4v) is 2.31. The van der Waals surface area contributed by atoms with Crippen LogP contribution < -0.4 is 5.32 Å². The molecule has 6 nitrogen and oxygen atoms in total. The fraction of sp³-hybridized carbons (Fsp3) is 0.727. The van der Waals surface area contributed by atoms with E-state index in [0.717, 1.165) is 12.8 Å². The van der Waals surface area contributed by atoms with Crippen molar-refractivity contribution in [2.24, 2.45) is 0 Å². The van der Waals surface area contributed by atoms with Crippen molar-refractivity contribution in [1.82, 2.24) is 15.5 Å². The second kappa shape index (κ2) is 3.72. The standard InChI is InChI=1S/C11H17N3O3/c1-7-12-8(17-14-7)11(4-5-11)6-10(2,3)13-9(15)16/h13H,4-6H2,1-3H3,(H,15,16). The van der Waals surface area contributed by atoms with Gasteiger partial charge in [0, 0.05) is 5.54 Å². The van der Waals surface area contributed by atoms with Crippen molar-refractivity contribution in [2.45, 2.75) is 51.0 Å². The van der Waals surface area contributed by atoms with E-state index >= 15 is 0 Å². The van der Waals surface area contributed by atoms with Crippen LogP contribution in [0.5, 0.6) is 0 Å². The molecule has 1 fully saturated rings. The van der Waals surface area contributed by atoms with Gasteiger partial charge in [-0.2, -0.15) is 4.98 Å². The van der Waals surface area contributed by atoms with E-state index in [1.165, 1.54) is 0 Å². The van der Waals surface area contributed by atoms with Crippen molar-refractivity contribution in [1.29, 1.82) is 0 Å². The minimum atomic E-state index is -1.01. The van der Waals surface area contributed by atoms with Crippen LogP contribution in [0.3, 0.4) is 0 Å². The van der Waals surface area contributed by atoms with Crippen LogP contribution >= 0.6 is 0 Å². The first-order valence-electron chi connectivity index (χ1n) is 5.65. The zero-order valence-corrected chi connectivity index (χ0v) is 10.3. The third kappa shape index (κ3) is 2.57. The highest BCUT2D eigenvalue weighted by molar-refractivity contribution is 5.65. The van der Waals surface area contributed by atoms with Gasteiger partial charge < -0.3 is 14.9 Å². The molecule has 0 radical (unpaired) electrons. The van der Waals surface area contributed by atoms with Crippen molar-refractivity contribution in [2.75, 3.05) is 0 Å². The molecule has 6 heteroatoms. The van der Waals surface area contributed by atoms with Gasteiger partial charge in [-0.25, -0.2) is 4.79 Å². The number of aryl methyl sites for hydroxylation is 1. The molecule has 0 aliphatic heterocycles. The van der Waals surface area contributed by atoms with Crippen molar-refractivity contribution in [3.05, 3.63) is 11.7 Å². The third-order valence-corrected chi connectivity index (χ3v) is 3.06. The molecule has 0 aromatic carbocycles. The normalized spacial score (nSPS) is 17.8. The zero-order valence-electron chi connectivity index (χ0n) is 10.3. The van der Waals surface area contributed by atoms with Crippen molar-refractivity contribution in [3.63, 3.8) is 0 Å². The van der Waals surface area contributed by atoms with Gasteiger partial charge >= 0.3 is 6.09 Å². The number of aromatic nitrogens is 2. The van der Waals surface area contributed by atoms with Crippen LogP contribution in [0.15, 0.2) is 4.52 Å². The Morgan fingerprint density at radius 1 is 1.59 bits per heavy atom. The van der Waals surface area contributed by atoms with Gasteiger partial charge in [-0.1, -0.05) is 5.16 Å². The summed E-state index contributed by atoms with van der Waals surface area (Å²) in [6, 6.07) is 0. The van der Waals surface area contributed by atoms with Gasteiger partial charge in [-0.3, -0.25) is 0 Å². The summed E-state index contributed by atoms with van der Waals surface area (Å²) in [5.41, 5.74) is -0.627. The minimum Gasteiger partial charge on any atom is -0.465 e. The molecule has 17 heavy (non-hydrogen) atoms. The number of rotatable bonds is 4. The summed E-state index contributed by atoms with van der Waals surface area (Å²) in [5, 5.41) is 15.1. The lowest BCUT2D eigenvalue weighted by molar-refractivity contribution is 0.176.